The van der Waals surface area contributed by atoms with Crippen LogP contribution in [-0.2, 0) is 0 Å². The van der Waals surface area contributed by atoms with Gasteiger partial charge in [-0.1, -0.05) is 6.42 Å². The van der Waals surface area contributed by atoms with Gasteiger partial charge in [0.1, 0.15) is 0 Å². The first-order valence-corrected chi connectivity index (χ1v) is 8.35. The molecular formula is C16H31N3. The van der Waals surface area contributed by atoms with Crippen molar-refractivity contribution in [1.29, 1.82) is 0 Å². The van der Waals surface area contributed by atoms with Gasteiger partial charge >= 0.3 is 0 Å². The van der Waals surface area contributed by atoms with Gasteiger partial charge in [-0.3, -0.25) is 4.90 Å². The molecular weight excluding hydrogens is 234 g/mol. The number of hydrogen-bond donors (Lipinski definition) is 1. The number of nitrogens with one attached hydrogen (secondary N) is 1. The molecule has 0 aromatic rings. The predicted molar refractivity (Wildman–Crippen MR) is 80.5 cm³/mol. The Morgan fingerprint density at radius 3 is 2.26 bits per heavy atom. The zero-order valence-corrected chi connectivity index (χ0v) is 12.9. The molecule has 2 bridgehead atoms. The summed E-state index contributed by atoms with van der Waals surface area (Å²) in [7, 11) is 2.35. The van der Waals surface area contributed by atoms with Gasteiger partial charge < -0.3 is 10.2 Å². The van der Waals surface area contributed by atoms with Crippen LogP contribution in [0, 0.1) is 0 Å². The van der Waals surface area contributed by atoms with Crippen LogP contribution in [-0.4, -0.2) is 60.1 Å². The highest BCUT2D eigenvalue weighted by atomic mass is 15.2. The van der Waals surface area contributed by atoms with Gasteiger partial charge in [-0.15, -0.1) is 0 Å². The highest BCUT2D eigenvalue weighted by molar-refractivity contribution is 4.95. The number of nitrogens with zero attached hydrogens (tertiary/aromatic N) is 2. The van der Waals surface area contributed by atoms with Crippen LogP contribution in [0.15, 0.2) is 0 Å². The van der Waals surface area contributed by atoms with Gasteiger partial charge in [0.15, 0.2) is 0 Å². The van der Waals surface area contributed by atoms with E-state index in [1.165, 1.54) is 51.6 Å². The summed E-state index contributed by atoms with van der Waals surface area (Å²) >= 11 is 0. The quantitative estimate of drug-likeness (QED) is 0.843. The molecule has 3 heteroatoms. The molecule has 3 nitrogen and oxygen atoms in total. The minimum Gasteiger partial charge on any atom is -0.310 e. The topological polar surface area (TPSA) is 18.5 Å². The lowest BCUT2D eigenvalue weighted by Crippen LogP contribution is -2.56. The number of rotatable bonds is 3. The average molecular weight is 265 g/mol. The Morgan fingerprint density at radius 1 is 1.00 bits per heavy atom. The van der Waals surface area contributed by atoms with E-state index < -0.39 is 0 Å². The Morgan fingerprint density at radius 2 is 1.68 bits per heavy atom. The maximum absolute atomic E-state index is 3.98. The van der Waals surface area contributed by atoms with Crippen molar-refractivity contribution in [1.82, 2.24) is 15.1 Å². The van der Waals surface area contributed by atoms with E-state index >= 15 is 0 Å². The van der Waals surface area contributed by atoms with Crippen LogP contribution in [0.1, 0.15) is 52.4 Å². The summed E-state index contributed by atoms with van der Waals surface area (Å²) in [6.07, 6.45) is 8.41. The number of piperidine rings is 2. The van der Waals surface area contributed by atoms with E-state index in [1.807, 2.05) is 0 Å². The van der Waals surface area contributed by atoms with E-state index in [2.05, 4.69) is 36.0 Å². The SMILES string of the molecule is CC(C)N1CCC(NC2CC3CCCC(C2)N3C)C1. The zero-order chi connectivity index (χ0) is 13.4. The van der Waals surface area contributed by atoms with Gasteiger partial charge in [0.05, 0.1) is 0 Å². The lowest BCUT2D eigenvalue weighted by Gasteiger charge is -2.47. The van der Waals surface area contributed by atoms with Crippen molar-refractivity contribution in [2.75, 3.05) is 20.1 Å². The second-order valence-electron chi connectivity index (χ2n) is 7.31. The lowest BCUT2D eigenvalue weighted by molar-refractivity contribution is 0.0459. The monoisotopic (exact) mass is 265 g/mol. The molecule has 3 unspecified atom stereocenters. The Bertz CT molecular complexity index is 290. The Labute approximate surface area is 118 Å². The second kappa shape index (κ2) is 5.71. The molecule has 3 atom stereocenters. The van der Waals surface area contributed by atoms with E-state index in [4.69, 9.17) is 0 Å². The van der Waals surface area contributed by atoms with Crippen molar-refractivity contribution < 1.29 is 0 Å². The number of likely N-dealkylation sites (tertiary alicyclic amines) is 1. The summed E-state index contributed by atoms with van der Waals surface area (Å²) in [4.78, 5) is 5.28. The van der Waals surface area contributed by atoms with Crippen LogP contribution in [0.2, 0.25) is 0 Å². The summed E-state index contributed by atoms with van der Waals surface area (Å²) < 4.78 is 0. The predicted octanol–water partition coefficient (Wildman–Crippen LogP) is 2.07. The van der Waals surface area contributed by atoms with Crippen LogP contribution >= 0.6 is 0 Å². The minimum atomic E-state index is 0.712. The fourth-order valence-electron chi connectivity index (χ4n) is 4.48. The van der Waals surface area contributed by atoms with Gasteiger partial charge in [-0.2, -0.15) is 0 Å². The molecule has 110 valence electrons. The third-order valence-electron chi connectivity index (χ3n) is 5.76. The summed E-state index contributed by atoms with van der Waals surface area (Å²) in [6.45, 7) is 7.19. The highest BCUT2D eigenvalue weighted by Crippen LogP contribution is 2.33. The molecule has 3 rings (SSSR count). The fraction of sp³-hybridized carbons (Fsp3) is 1.00. The van der Waals surface area contributed by atoms with Crippen molar-refractivity contribution in [2.24, 2.45) is 0 Å². The Hall–Kier alpha value is -0.120. The zero-order valence-electron chi connectivity index (χ0n) is 12.9. The van der Waals surface area contributed by atoms with Crippen LogP contribution < -0.4 is 5.32 Å². The molecule has 3 aliphatic heterocycles. The van der Waals surface area contributed by atoms with Crippen LogP contribution in [0.3, 0.4) is 0 Å². The van der Waals surface area contributed by atoms with Crippen LogP contribution in [0.4, 0.5) is 0 Å². The van der Waals surface area contributed by atoms with Gasteiger partial charge in [-0.25, -0.2) is 0 Å². The molecule has 3 heterocycles. The summed E-state index contributed by atoms with van der Waals surface area (Å²) in [5, 5.41) is 3.98. The second-order valence-corrected chi connectivity index (χ2v) is 7.31. The van der Waals surface area contributed by atoms with Crippen molar-refractivity contribution in [3.05, 3.63) is 0 Å². The van der Waals surface area contributed by atoms with Crippen LogP contribution in [0.5, 0.6) is 0 Å². The molecule has 0 aromatic carbocycles. The molecule has 19 heavy (non-hydrogen) atoms. The number of fused-ring (bicyclic) bond motifs is 2. The maximum Gasteiger partial charge on any atom is 0.0209 e. The summed E-state index contributed by atoms with van der Waals surface area (Å²) in [5.74, 6) is 0. The average Bonchev–Trinajstić information content (AvgIpc) is 2.79. The molecule has 3 aliphatic rings. The van der Waals surface area contributed by atoms with Crippen LogP contribution in [0.25, 0.3) is 0 Å². The molecule has 1 N–H and O–H groups in total. The van der Waals surface area contributed by atoms with Gasteiger partial charge in [0.25, 0.3) is 0 Å². The summed E-state index contributed by atoms with van der Waals surface area (Å²) in [6, 6.07) is 3.95. The van der Waals surface area contributed by atoms with Crippen molar-refractivity contribution in [2.45, 2.75) is 82.6 Å². The first-order chi connectivity index (χ1) is 9.13. The van der Waals surface area contributed by atoms with E-state index in [1.54, 1.807) is 0 Å². The van der Waals surface area contributed by atoms with Gasteiger partial charge in [0, 0.05) is 36.8 Å². The third kappa shape index (κ3) is 2.98. The normalized spacial score (nSPS) is 41.1. The van der Waals surface area contributed by atoms with Gasteiger partial charge in [-0.05, 0) is 59.5 Å². The van der Waals surface area contributed by atoms with E-state index in [9.17, 15) is 0 Å². The molecule has 3 saturated heterocycles. The van der Waals surface area contributed by atoms with Gasteiger partial charge in [0.2, 0.25) is 0 Å². The third-order valence-corrected chi connectivity index (χ3v) is 5.76. The standard InChI is InChI=1S/C16H31N3/c1-12(2)19-8-7-13(11-19)17-14-9-15-5-4-6-16(10-14)18(15)3/h12-17H,4-11H2,1-3H3. The van der Waals surface area contributed by atoms with Crippen molar-refractivity contribution >= 4 is 0 Å². The molecule has 0 aliphatic carbocycles. The molecule has 0 aromatic heterocycles. The molecule has 0 amide bonds. The first-order valence-electron chi connectivity index (χ1n) is 8.35. The molecule has 0 radical (unpaired) electrons. The maximum atomic E-state index is 3.98. The lowest BCUT2D eigenvalue weighted by atomic mass is 9.82. The van der Waals surface area contributed by atoms with E-state index in [0.29, 0.717) is 6.04 Å². The highest BCUT2D eigenvalue weighted by Gasteiger charge is 2.37. The largest absolute Gasteiger partial charge is 0.310 e. The number of hydrogen-bond acceptors (Lipinski definition) is 3. The smallest absolute Gasteiger partial charge is 0.0209 e. The minimum absolute atomic E-state index is 0.712. The summed E-state index contributed by atoms with van der Waals surface area (Å²) in [5.41, 5.74) is 0. The van der Waals surface area contributed by atoms with E-state index in [-0.39, 0.29) is 0 Å². The molecule has 0 spiro atoms. The molecule has 0 saturated carbocycles. The fourth-order valence-corrected chi connectivity index (χ4v) is 4.48. The van der Waals surface area contributed by atoms with E-state index in [0.717, 1.165) is 24.2 Å². The van der Waals surface area contributed by atoms with Crippen molar-refractivity contribution in [3.63, 3.8) is 0 Å². The first kappa shape index (κ1) is 13.8. The Kier molecular flexibility index (Phi) is 4.16. The van der Waals surface area contributed by atoms with Crippen molar-refractivity contribution in [3.8, 4) is 0 Å². The molecule has 3 fully saturated rings. The Balaban J connectivity index is 1.51.